The molecule has 1 amide bonds. The van der Waals surface area contributed by atoms with E-state index in [2.05, 4.69) is 5.32 Å². The summed E-state index contributed by atoms with van der Waals surface area (Å²) in [6.45, 7) is 1.63. The number of nitrogens with one attached hydrogen (secondary N) is 1. The molecule has 2 aromatic carbocycles. The van der Waals surface area contributed by atoms with Gasteiger partial charge in [0.05, 0.1) is 0 Å². The minimum Gasteiger partial charge on any atom is -0.484 e. The topological polar surface area (TPSA) is 38.3 Å². The van der Waals surface area contributed by atoms with Crippen LogP contribution in [0.3, 0.4) is 0 Å². The monoisotopic (exact) mass is 293 g/mol. The zero-order valence-electron chi connectivity index (χ0n) is 10.8. The summed E-state index contributed by atoms with van der Waals surface area (Å²) in [6, 6.07) is 10.9. The van der Waals surface area contributed by atoms with Gasteiger partial charge in [-0.25, -0.2) is 4.39 Å². The second-order valence-corrected chi connectivity index (χ2v) is 4.69. The van der Waals surface area contributed by atoms with Crippen LogP contribution in [0.5, 0.6) is 5.75 Å². The maximum atomic E-state index is 13.1. The van der Waals surface area contributed by atoms with Crippen LogP contribution in [-0.2, 0) is 4.79 Å². The Labute approximate surface area is 121 Å². The molecule has 1 N–H and O–H groups in total. The molecule has 0 spiro atoms. The lowest BCUT2D eigenvalue weighted by Gasteiger charge is -2.09. The molecule has 20 heavy (non-hydrogen) atoms. The van der Waals surface area contributed by atoms with Crippen LogP contribution in [0.15, 0.2) is 42.5 Å². The first-order valence-corrected chi connectivity index (χ1v) is 6.37. The number of hydrogen-bond donors (Lipinski definition) is 1. The number of anilines is 1. The molecule has 0 aliphatic carbocycles. The van der Waals surface area contributed by atoms with Gasteiger partial charge in [0.15, 0.2) is 6.61 Å². The molecule has 2 aromatic rings. The van der Waals surface area contributed by atoms with E-state index in [-0.39, 0.29) is 12.5 Å². The third-order valence-electron chi connectivity index (χ3n) is 2.66. The molecular formula is C15H13ClFNO2. The van der Waals surface area contributed by atoms with Gasteiger partial charge in [-0.05, 0) is 48.9 Å². The Hall–Kier alpha value is -2.07. The summed E-state index contributed by atoms with van der Waals surface area (Å²) >= 11 is 5.74. The van der Waals surface area contributed by atoms with E-state index >= 15 is 0 Å². The van der Waals surface area contributed by atoms with Gasteiger partial charge < -0.3 is 10.1 Å². The van der Waals surface area contributed by atoms with Crippen molar-refractivity contribution >= 4 is 23.2 Å². The second-order valence-electron chi connectivity index (χ2n) is 4.25. The molecule has 104 valence electrons. The van der Waals surface area contributed by atoms with E-state index in [4.69, 9.17) is 16.3 Å². The second kappa shape index (κ2) is 6.39. The van der Waals surface area contributed by atoms with E-state index in [1.807, 2.05) is 0 Å². The Morgan fingerprint density at radius 1 is 1.25 bits per heavy atom. The van der Waals surface area contributed by atoms with E-state index in [0.717, 1.165) is 5.56 Å². The molecule has 0 aromatic heterocycles. The van der Waals surface area contributed by atoms with Crippen LogP contribution in [0.4, 0.5) is 10.1 Å². The van der Waals surface area contributed by atoms with Crippen LogP contribution in [0.1, 0.15) is 5.56 Å². The van der Waals surface area contributed by atoms with Gasteiger partial charge in [-0.3, -0.25) is 4.79 Å². The first-order chi connectivity index (χ1) is 9.54. The molecule has 3 nitrogen and oxygen atoms in total. The predicted octanol–water partition coefficient (Wildman–Crippen LogP) is 3.81. The normalized spacial score (nSPS) is 10.2. The van der Waals surface area contributed by atoms with Crippen molar-refractivity contribution < 1.29 is 13.9 Å². The van der Waals surface area contributed by atoms with Gasteiger partial charge in [0.25, 0.3) is 5.91 Å². The smallest absolute Gasteiger partial charge is 0.262 e. The highest BCUT2D eigenvalue weighted by atomic mass is 35.5. The third-order valence-corrected chi connectivity index (χ3v) is 2.91. The third kappa shape index (κ3) is 3.96. The predicted molar refractivity (Wildman–Crippen MR) is 76.7 cm³/mol. The zero-order valence-corrected chi connectivity index (χ0v) is 11.6. The molecule has 0 aliphatic heterocycles. The van der Waals surface area contributed by atoms with Crippen LogP contribution < -0.4 is 10.1 Å². The largest absolute Gasteiger partial charge is 0.484 e. The van der Waals surface area contributed by atoms with Crippen molar-refractivity contribution in [3.8, 4) is 5.75 Å². The molecule has 0 bridgehead atoms. The summed E-state index contributed by atoms with van der Waals surface area (Å²) in [7, 11) is 0. The number of carbonyl (C=O) groups is 1. The number of amides is 1. The minimum atomic E-state index is -0.399. The van der Waals surface area contributed by atoms with Crippen LogP contribution in [0, 0.1) is 12.7 Å². The zero-order chi connectivity index (χ0) is 14.5. The standard InChI is InChI=1S/C15H13ClFNO2/c1-10-2-5-12(17)8-14(10)18-15(19)9-20-13-6-3-11(16)4-7-13/h2-8H,9H2,1H3,(H,18,19). The number of carbonyl (C=O) groups excluding carboxylic acids is 1. The van der Waals surface area contributed by atoms with Crippen LogP contribution in [-0.4, -0.2) is 12.5 Å². The van der Waals surface area contributed by atoms with Gasteiger partial charge in [-0.15, -0.1) is 0 Å². The summed E-state index contributed by atoms with van der Waals surface area (Å²) in [4.78, 5) is 11.7. The van der Waals surface area contributed by atoms with Crippen molar-refractivity contribution in [3.63, 3.8) is 0 Å². The molecule has 2 rings (SSSR count). The fourth-order valence-electron chi connectivity index (χ4n) is 1.59. The summed E-state index contributed by atoms with van der Waals surface area (Å²) < 4.78 is 18.4. The molecule has 0 atom stereocenters. The van der Waals surface area contributed by atoms with Crippen LogP contribution in [0.2, 0.25) is 5.02 Å². The van der Waals surface area contributed by atoms with Crippen molar-refractivity contribution in [2.24, 2.45) is 0 Å². The lowest BCUT2D eigenvalue weighted by Crippen LogP contribution is -2.20. The number of ether oxygens (including phenoxy) is 1. The van der Waals surface area contributed by atoms with E-state index in [9.17, 15) is 9.18 Å². The maximum absolute atomic E-state index is 13.1. The summed E-state index contributed by atoms with van der Waals surface area (Å²) in [5.41, 5.74) is 1.22. The molecule has 0 saturated carbocycles. The Kier molecular flexibility index (Phi) is 4.58. The lowest BCUT2D eigenvalue weighted by molar-refractivity contribution is -0.118. The highest BCUT2D eigenvalue weighted by Crippen LogP contribution is 2.17. The van der Waals surface area contributed by atoms with Gasteiger partial charge in [0.2, 0.25) is 0 Å². The van der Waals surface area contributed by atoms with Crippen molar-refractivity contribution in [1.29, 1.82) is 0 Å². The molecule has 0 unspecified atom stereocenters. The Morgan fingerprint density at radius 2 is 1.95 bits per heavy atom. The van der Waals surface area contributed by atoms with E-state index < -0.39 is 5.82 Å². The fraction of sp³-hybridized carbons (Fsp3) is 0.133. The highest BCUT2D eigenvalue weighted by Gasteiger charge is 2.07. The first kappa shape index (κ1) is 14.3. The van der Waals surface area contributed by atoms with E-state index in [1.54, 1.807) is 37.3 Å². The van der Waals surface area contributed by atoms with Crippen molar-refractivity contribution in [2.45, 2.75) is 6.92 Å². The number of halogens is 2. The summed E-state index contributed by atoms with van der Waals surface area (Å²) in [5.74, 6) is -0.210. The number of rotatable bonds is 4. The molecule has 0 saturated heterocycles. The summed E-state index contributed by atoms with van der Waals surface area (Å²) in [6.07, 6.45) is 0. The van der Waals surface area contributed by atoms with Crippen molar-refractivity contribution in [3.05, 3.63) is 58.9 Å². The highest BCUT2D eigenvalue weighted by molar-refractivity contribution is 6.30. The maximum Gasteiger partial charge on any atom is 0.262 e. The number of hydrogen-bond acceptors (Lipinski definition) is 2. The molecule has 5 heteroatoms. The van der Waals surface area contributed by atoms with Crippen LogP contribution in [0.25, 0.3) is 0 Å². The Bertz CT molecular complexity index is 614. The molecule has 0 fully saturated rings. The Morgan fingerprint density at radius 3 is 2.65 bits per heavy atom. The number of benzene rings is 2. The van der Waals surface area contributed by atoms with Crippen LogP contribution >= 0.6 is 11.6 Å². The molecule has 0 radical (unpaired) electrons. The first-order valence-electron chi connectivity index (χ1n) is 5.99. The lowest BCUT2D eigenvalue weighted by atomic mass is 10.2. The van der Waals surface area contributed by atoms with Gasteiger partial charge in [0.1, 0.15) is 11.6 Å². The SMILES string of the molecule is Cc1ccc(F)cc1NC(=O)COc1ccc(Cl)cc1. The minimum absolute atomic E-state index is 0.155. The quantitative estimate of drug-likeness (QED) is 0.931. The van der Waals surface area contributed by atoms with Crippen molar-refractivity contribution in [1.82, 2.24) is 0 Å². The Balaban J connectivity index is 1.92. The van der Waals surface area contributed by atoms with Gasteiger partial charge in [0, 0.05) is 10.7 Å². The molecule has 0 aliphatic rings. The average Bonchev–Trinajstić information content (AvgIpc) is 2.42. The summed E-state index contributed by atoms with van der Waals surface area (Å²) in [5, 5.41) is 3.20. The number of aryl methyl sites for hydroxylation is 1. The molecular weight excluding hydrogens is 281 g/mol. The van der Waals surface area contributed by atoms with Gasteiger partial charge >= 0.3 is 0 Å². The van der Waals surface area contributed by atoms with Crippen molar-refractivity contribution in [2.75, 3.05) is 11.9 Å². The van der Waals surface area contributed by atoms with E-state index in [0.29, 0.717) is 16.5 Å². The van der Waals surface area contributed by atoms with Gasteiger partial charge in [-0.1, -0.05) is 17.7 Å². The molecule has 0 heterocycles. The average molecular weight is 294 g/mol. The van der Waals surface area contributed by atoms with Gasteiger partial charge in [-0.2, -0.15) is 0 Å². The van der Waals surface area contributed by atoms with E-state index in [1.165, 1.54) is 12.1 Å². The fourth-order valence-corrected chi connectivity index (χ4v) is 1.72.